The molecule has 26 heavy (non-hydrogen) atoms. The van der Waals surface area contributed by atoms with Crippen molar-refractivity contribution in [1.29, 1.82) is 0 Å². The van der Waals surface area contributed by atoms with Crippen molar-refractivity contribution in [2.75, 3.05) is 16.8 Å². The molecule has 1 aromatic carbocycles. The first-order valence-corrected chi connectivity index (χ1v) is 8.68. The van der Waals surface area contributed by atoms with Crippen molar-refractivity contribution in [3.63, 3.8) is 0 Å². The number of amides is 2. The zero-order valence-corrected chi connectivity index (χ0v) is 15.6. The molecule has 7 heteroatoms. The van der Waals surface area contributed by atoms with Gasteiger partial charge in [-0.3, -0.25) is 9.59 Å². The van der Waals surface area contributed by atoms with Crippen LogP contribution in [0.2, 0.25) is 5.02 Å². The lowest BCUT2D eigenvalue weighted by atomic mass is 10.0. The predicted octanol–water partition coefficient (Wildman–Crippen LogP) is 3.58. The topological polar surface area (TPSA) is 71.5 Å². The van der Waals surface area contributed by atoms with E-state index in [1.54, 1.807) is 49.2 Å². The molecule has 2 amide bonds. The van der Waals surface area contributed by atoms with E-state index in [0.29, 0.717) is 22.3 Å². The molecule has 1 N–H and O–H groups in total. The summed E-state index contributed by atoms with van der Waals surface area (Å²) in [7, 11) is 0. The third-order valence-corrected chi connectivity index (χ3v) is 4.40. The molecule has 0 fully saturated rings. The Morgan fingerprint density at radius 2 is 2.12 bits per heavy atom. The van der Waals surface area contributed by atoms with Crippen LogP contribution in [0.1, 0.15) is 25.8 Å². The number of benzene rings is 1. The number of ether oxygens (including phenoxy) is 1. The van der Waals surface area contributed by atoms with Gasteiger partial charge in [0.05, 0.1) is 5.69 Å². The van der Waals surface area contributed by atoms with Gasteiger partial charge in [0, 0.05) is 24.2 Å². The first-order chi connectivity index (χ1) is 12.3. The second kappa shape index (κ2) is 6.96. The van der Waals surface area contributed by atoms with E-state index in [9.17, 15) is 9.59 Å². The Morgan fingerprint density at radius 3 is 2.85 bits per heavy atom. The minimum Gasteiger partial charge on any atom is -0.476 e. The average Bonchev–Trinajstić information content (AvgIpc) is 2.58. The van der Waals surface area contributed by atoms with Crippen molar-refractivity contribution in [2.45, 2.75) is 32.8 Å². The number of nitrogens with zero attached hydrogens (tertiary/aromatic N) is 2. The van der Waals surface area contributed by atoms with E-state index in [1.165, 1.54) is 0 Å². The van der Waals surface area contributed by atoms with Gasteiger partial charge >= 0.3 is 0 Å². The molecule has 2 aromatic rings. The molecule has 1 aromatic heterocycles. The SMILES string of the molecule is Cc1cccnc1NC(=O)CCN1C(=O)C(C)(C)Oc2ccc(Cl)cc21. The van der Waals surface area contributed by atoms with Gasteiger partial charge in [0.25, 0.3) is 5.91 Å². The fourth-order valence-electron chi connectivity index (χ4n) is 2.79. The van der Waals surface area contributed by atoms with Crippen LogP contribution in [0.4, 0.5) is 11.5 Å². The van der Waals surface area contributed by atoms with Gasteiger partial charge in [-0.1, -0.05) is 17.7 Å². The predicted molar refractivity (Wildman–Crippen MR) is 101 cm³/mol. The quantitative estimate of drug-likeness (QED) is 0.889. The maximum absolute atomic E-state index is 12.8. The van der Waals surface area contributed by atoms with Gasteiger partial charge in [-0.2, -0.15) is 0 Å². The molecule has 3 rings (SSSR count). The van der Waals surface area contributed by atoms with E-state index in [-0.39, 0.29) is 24.8 Å². The highest BCUT2D eigenvalue weighted by Crippen LogP contribution is 2.39. The standard InChI is InChI=1S/C19H20ClN3O3/c1-12-5-4-9-21-17(12)22-16(24)8-10-23-14-11-13(20)6-7-15(14)26-19(2,3)18(23)25/h4-7,9,11H,8,10H2,1-3H3,(H,21,22,24). The summed E-state index contributed by atoms with van der Waals surface area (Å²) >= 11 is 6.07. The third-order valence-electron chi connectivity index (χ3n) is 4.17. The van der Waals surface area contributed by atoms with Crippen LogP contribution in [0.3, 0.4) is 0 Å². The summed E-state index contributed by atoms with van der Waals surface area (Å²) in [6.45, 7) is 5.50. The Hall–Kier alpha value is -2.60. The van der Waals surface area contributed by atoms with Crippen LogP contribution in [-0.2, 0) is 9.59 Å². The zero-order chi connectivity index (χ0) is 18.9. The van der Waals surface area contributed by atoms with Crippen molar-refractivity contribution >= 4 is 34.9 Å². The highest BCUT2D eigenvalue weighted by atomic mass is 35.5. The third kappa shape index (κ3) is 3.65. The number of anilines is 2. The van der Waals surface area contributed by atoms with Crippen LogP contribution in [0.5, 0.6) is 5.75 Å². The summed E-state index contributed by atoms with van der Waals surface area (Å²) in [4.78, 5) is 30.8. The number of rotatable bonds is 4. The first kappa shape index (κ1) is 18.2. The molecule has 0 bridgehead atoms. The molecule has 1 aliphatic heterocycles. The molecule has 0 aliphatic carbocycles. The molecule has 6 nitrogen and oxygen atoms in total. The van der Waals surface area contributed by atoms with Gasteiger partial charge in [-0.05, 0) is 50.6 Å². The minimum absolute atomic E-state index is 0.129. The Kier molecular flexibility index (Phi) is 4.87. The summed E-state index contributed by atoms with van der Waals surface area (Å²) in [6, 6.07) is 8.79. The summed E-state index contributed by atoms with van der Waals surface area (Å²) < 4.78 is 5.77. The van der Waals surface area contributed by atoms with Crippen molar-refractivity contribution in [3.05, 3.63) is 47.1 Å². The van der Waals surface area contributed by atoms with Gasteiger partial charge in [0.2, 0.25) is 5.91 Å². The molecule has 0 unspecified atom stereocenters. The van der Waals surface area contributed by atoms with Gasteiger partial charge in [0.15, 0.2) is 5.60 Å². The number of carbonyl (C=O) groups is 2. The fourth-order valence-corrected chi connectivity index (χ4v) is 2.95. The number of nitrogens with one attached hydrogen (secondary N) is 1. The maximum atomic E-state index is 12.8. The van der Waals surface area contributed by atoms with Crippen molar-refractivity contribution in [2.24, 2.45) is 0 Å². The lowest BCUT2D eigenvalue weighted by Crippen LogP contribution is -2.53. The number of aromatic nitrogens is 1. The van der Waals surface area contributed by atoms with E-state index >= 15 is 0 Å². The summed E-state index contributed by atoms with van der Waals surface area (Å²) in [5.74, 6) is 0.663. The summed E-state index contributed by atoms with van der Waals surface area (Å²) in [6.07, 6.45) is 1.75. The first-order valence-electron chi connectivity index (χ1n) is 8.30. The van der Waals surface area contributed by atoms with Gasteiger partial charge in [0.1, 0.15) is 11.6 Å². The summed E-state index contributed by atoms with van der Waals surface area (Å²) in [5.41, 5.74) is 0.444. The van der Waals surface area contributed by atoms with Crippen LogP contribution >= 0.6 is 11.6 Å². The second-order valence-corrected chi connectivity index (χ2v) is 7.08. The van der Waals surface area contributed by atoms with Crippen molar-refractivity contribution < 1.29 is 14.3 Å². The van der Waals surface area contributed by atoms with E-state index in [0.717, 1.165) is 5.56 Å². The van der Waals surface area contributed by atoms with Crippen LogP contribution in [-0.4, -0.2) is 28.9 Å². The Bertz CT molecular complexity index is 867. The van der Waals surface area contributed by atoms with E-state index in [1.807, 2.05) is 13.0 Å². The summed E-state index contributed by atoms with van der Waals surface area (Å²) in [5, 5.41) is 3.27. The number of fused-ring (bicyclic) bond motifs is 1. The smallest absolute Gasteiger partial charge is 0.270 e. The fraction of sp³-hybridized carbons (Fsp3) is 0.316. The number of hydrogen-bond donors (Lipinski definition) is 1. The molecule has 0 radical (unpaired) electrons. The van der Waals surface area contributed by atoms with E-state index < -0.39 is 5.60 Å². The molecule has 136 valence electrons. The zero-order valence-electron chi connectivity index (χ0n) is 14.9. The van der Waals surface area contributed by atoms with Crippen LogP contribution in [0.15, 0.2) is 36.5 Å². The van der Waals surface area contributed by atoms with E-state index in [4.69, 9.17) is 16.3 Å². The van der Waals surface area contributed by atoms with Crippen LogP contribution in [0, 0.1) is 6.92 Å². The second-order valence-electron chi connectivity index (χ2n) is 6.65. The molecular formula is C19H20ClN3O3. The Morgan fingerprint density at radius 1 is 1.35 bits per heavy atom. The number of aryl methyl sites for hydroxylation is 1. The molecular weight excluding hydrogens is 354 g/mol. The van der Waals surface area contributed by atoms with Crippen LogP contribution in [0.25, 0.3) is 0 Å². The lowest BCUT2D eigenvalue weighted by Gasteiger charge is -2.38. The largest absolute Gasteiger partial charge is 0.476 e. The number of pyridine rings is 1. The molecule has 1 aliphatic rings. The number of hydrogen-bond acceptors (Lipinski definition) is 4. The molecule has 2 heterocycles. The average molecular weight is 374 g/mol. The molecule has 0 atom stereocenters. The van der Waals surface area contributed by atoms with Gasteiger partial charge in [-0.15, -0.1) is 0 Å². The number of carbonyl (C=O) groups excluding carboxylic acids is 2. The van der Waals surface area contributed by atoms with Crippen molar-refractivity contribution in [1.82, 2.24) is 4.98 Å². The van der Waals surface area contributed by atoms with Crippen molar-refractivity contribution in [3.8, 4) is 5.75 Å². The molecule has 0 saturated carbocycles. The van der Waals surface area contributed by atoms with Gasteiger partial charge in [-0.25, -0.2) is 4.98 Å². The number of halogens is 1. The van der Waals surface area contributed by atoms with Gasteiger partial charge < -0.3 is 15.0 Å². The normalized spacial score (nSPS) is 15.2. The van der Waals surface area contributed by atoms with Crippen LogP contribution < -0.4 is 15.0 Å². The monoisotopic (exact) mass is 373 g/mol. The lowest BCUT2D eigenvalue weighted by molar-refractivity contribution is -0.132. The minimum atomic E-state index is -1.01. The highest BCUT2D eigenvalue weighted by Gasteiger charge is 2.40. The Labute approximate surface area is 157 Å². The highest BCUT2D eigenvalue weighted by molar-refractivity contribution is 6.31. The maximum Gasteiger partial charge on any atom is 0.270 e. The molecule has 0 spiro atoms. The molecule has 0 saturated heterocycles. The van der Waals surface area contributed by atoms with E-state index in [2.05, 4.69) is 10.3 Å². The Balaban J connectivity index is 1.76.